The van der Waals surface area contributed by atoms with Gasteiger partial charge >= 0.3 is 5.97 Å². The summed E-state index contributed by atoms with van der Waals surface area (Å²) in [6, 6.07) is 10.8. The molecule has 30 heavy (non-hydrogen) atoms. The van der Waals surface area contributed by atoms with Crippen LogP contribution < -0.4 is 0 Å². The summed E-state index contributed by atoms with van der Waals surface area (Å²) in [5.74, 6) is 0.287. The largest absolute Gasteiger partial charge is 0.466 e. The van der Waals surface area contributed by atoms with Crippen LogP contribution in [0.3, 0.4) is 0 Å². The summed E-state index contributed by atoms with van der Waals surface area (Å²) < 4.78 is 11.1. The third kappa shape index (κ3) is 7.24. The highest BCUT2D eigenvalue weighted by Crippen LogP contribution is 2.39. The second-order valence-corrected chi connectivity index (χ2v) is 14.7. The highest BCUT2D eigenvalue weighted by molar-refractivity contribution is 6.74. The van der Waals surface area contributed by atoms with Crippen LogP contribution in [0.5, 0.6) is 0 Å². The Hall–Kier alpha value is -1.65. The zero-order valence-electron chi connectivity index (χ0n) is 19.8. The van der Waals surface area contributed by atoms with Crippen molar-refractivity contribution in [1.29, 1.82) is 0 Å². The second-order valence-electron chi connectivity index (χ2n) is 9.90. The lowest BCUT2D eigenvalue weighted by molar-refractivity contribution is -0.134. The number of allylic oxidation sites excluding steroid dienone is 3. The van der Waals surface area contributed by atoms with E-state index < -0.39 is 8.32 Å². The Labute approximate surface area is 184 Å². The van der Waals surface area contributed by atoms with Crippen LogP contribution in [-0.4, -0.2) is 28.0 Å². The summed E-state index contributed by atoms with van der Waals surface area (Å²) in [5, 5.41) is 0.258. The van der Waals surface area contributed by atoms with Crippen molar-refractivity contribution in [2.45, 2.75) is 83.3 Å². The van der Waals surface area contributed by atoms with E-state index in [1.54, 1.807) is 6.08 Å². The molecule has 1 aromatic carbocycles. The van der Waals surface area contributed by atoms with Gasteiger partial charge in [-0.3, -0.25) is 0 Å². The summed E-state index contributed by atoms with van der Waals surface area (Å²) in [6.45, 7) is 12.3. The van der Waals surface area contributed by atoms with Gasteiger partial charge in [0.05, 0.1) is 7.11 Å². The Balaban J connectivity index is 1.99. The second kappa shape index (κ2) is 11.1. The van der Waals surface area contributed by atoms with E-state index in [0.717, 1.165) is 45.1 Å². The average molecular weight is 429 g/mol. The van der Waals surface area contributed by atoms with E-state index in [9.17, 15) is 4.79 Å². The van der Waals surface area contributed by atoms with Crippen LogP contribution in [0.2, 0.25) is 18.1 Å². The number of benzene rings is 1. The Morgan fingerprint density at radius 3 is 2.50 bits per heavy atom. The Kier molecular flexibility index (Phi) is 9.11. The van der Waals surface area contributed by atoms with Crippen molar-refractivity contribution in [3.63, 3.8) is 0 Å². The van der Waals surface area contributed by atoms with Crippen LogP contribution in [0.15, 0.2) is 53.6 Å². The standard InChI is InChI=1S/C26H40O3Si/c1-26(2,3)30(5,6)29-19-11-10-14-23-20-24(21-12-8-7-9-13-21)16-15-22(23)17-18-25(27)28-4/h7-9,12-13,17-18,24H,10-11,14-16,19-20H2,1-6H3/b18-17+. The predicted octanol–water partition coefficient (Wildman–Crippen LogP) is 7.17. The molecule has 1 atom stereocenters. The maximum atomic E-state index is 11.6. The lowest BCUT2D eigenvalue weighted by Crippen LogP contribution is -2.40. The van der Waals surface area contributed by atoms with Crippen LogP contribution in [0.1, 0.15) is 70.8 Å². The molecule has 1 aromatic rings. The lowest BCUT2D eigenvalue weighted by Gasteiger charge is -2.36. The number of ether oxygens (including phenoxy) is 1. The minimum atomic E-state index is -1.67. The van der Waals surface area contributed by atoms with Crippen molar-refractivity contribution in [1.82, 2.24) is 0 Å². The van der Waals surface area contributed by atoms with Crippen molar-refractivity contribution in [2.24, 2.45) is 0 Å². The molecule has 4 heteroatoms. The first-order valence-electron chi connectivity index (χ1n) is 11.3. The van der Waals surface area contributed by atoms with Crippen molar-refractivity contribution >= 4 is 14.3 Å². The molecule has 0 heterocycles. The summed E-state index contributed by atoms with van der Waals surface area (Å²) in [7, 11) is -0.240. The first-order chi connectivity index (χ1) is 14.1. The fourth-order valence-corrected chi connectivity index (χ4v) is 4.82. The molecule has 0 amide bonds. The molecule has 0 bridgehead atoms. The van der Waals surface area contributed by atoms with E-state index >= 15 is 0 Å². The van der Waals surface area contributed by atoms with Crippen molar-refractivity contribution in [2.75, 3.05) is 13.7 Å². The molecule has 0 saturated carbocycles. The molecular weight excluding hydrogens is 388 g/mol. The van der Waals surface area contributed by atoms with Crippen molar-refractivity contribution in [3.8, 4) is 0 Å². The number of carbonyl (C=O) groups excluding carboxylic acids is 1. The highest BCUT2D eigenvalue weighted by Gasteiger charge is 2.36. The molecule has 0 saturated heterocycles. The van der Waals surface area contributed by atoms with Gasteiger partial charge in [0.25, 0.3) is 0 Å². The normalized spacial score (nSPS) is 18.1. The zero-order valence-corrected chi connectivity index (χ0v) is 20.8. The van der Waals surface area contributed by atoms with E-state index in [0.29, 0.717) is 5.92 Å². The van der Waals surface area contributed by atoms with Gasteiger partial charge in [-0.1, -0.05) is 62.8 Å². The molecule has 1 aliphatic carbocycles. The molecule has 1 aliphatic rings. The van der Waals surface area contributed by atoms with Gasteiger partial charge in [-0.25, -0.2) is 4.79 Å². The summed E-state index contributed by atoms with van der Waals surface area (Å²) in [6.07, 6.45) is 10.1. The number of hydrogen-bond donors (Lipinski definition) is 0. The number of unbranched alkanes of at least 4 members (excludes halogenated alkanes) is 1. The first kappa shape index (κ1) is 24.6. The number of rotatable bonds is 9. The molecule has 0 aliphatic heterocycles. The van der Waals surface area contributed by atoms with Gasteiger partial charge < -0.3 is 9.16 Å². The third-order valence-corrected chi connectivity index (χ3v) is 11.3. The van der Waals surface area contributed by atoms with Gasteiger partial charge in [0.15, 0.2) is 8.32 Å². The predicted molar refractivity (Wildman–Crippen MR) is 128 cm³/mol. The number of methoxy groups -OCH3 is 1. The quantitative estimate of drug-likeness (QED) is 0.181. The first-order valence-corrected chi connectivity index (χ1v) is 14.2. The third-order valence-electron chi connectivity index (χ3n) is 6.74. The molecule has 0 spiro atoms. The number of esters is 1. The molecule has 0 N–H and O–H groups in total. The van der Waals surface area contributed by atoms with Gasteiger partial charge in [-0.05, 0) is 73.7 Å². The van der Waals surface area contributed by atoms with Crippen LogP contribution >= 0.6 is 0 Å². The summed E-state index contributed by atoms with van der Waals surface area (Å²) in [5.41, 5.74) is 4.23. The van der Waals surface area contributed by atoms with Crippen LogP contribution in [0.25, 0.3) is 0 Å². The topological polar surface area (TPSA) is 35.5 Å². The van der Waals surface area contributed by atoms with Gasteiger partial charge in [0.1, 0.15) is 0 Å². The Morgan fingerprint density at radius 2 is 1.87 bits per heavy atom. The monoisotopic (exact) mass is 428 g/mol. The minimum Gasteiger partial charge on any atom is -0.466 e. The van der Waals surface area contributed by atoms with E-state index in [4.69, 9.17) is 9.16 Å². The summed E-state index contributed by atoms with van der Waals surface area (Å²) >= 11 is 0. The van der Waals surface area contributed by atoms with Gasteiger partial charge in [0.2, 0.25) is 0 Å². The Bertz CT molecular complexity index is 741. The SMILES string of the molecule is COC(=O)/C=C/C1=C(CCCCO[Si](C)(C)C(C)(C)C)CC(c2ccccc2)CC1. The van der Waals surface area contributed by atoms with Gasteiger partial charge in [-0.15, -0.1) is 0 Å². The van der Waals surface area contributed by atoms with E-state index in [-0.39, 0.29) is 11.0 Å². The molecule has 3 nitrogen and oxygen atoms in total. The fourth-order valence-electron chi connectivity index (χ4n) is 3.73. The van der Waals surface area contributed by atoms with E-state index in [1.165, 1.54) is 23.8 Å². The molecule has 2 rings (SSSR count). The van der Waals surface area contributed by atoms with Gasteiger partial charge in [-0.2, -0.15) is 0 Å². The fraction of sp³-hybridized carbons (Fsp3) is 0.577. The van der Waals surface area contributed by atoms with Crippen LogP contribution in [0.4, 0.5) is 0 Å². The Morgan fingerprint density at radius 1 is 1.17 bits per heavy atom. The summed E-state index contributed by atoms with van der Waals surface area (Å²) in [4.78, 5) is 11.6. The molecule has 0 aromatic heterocycles. The molecule has 1 unspecified atom stereocenters. The van der Waals surface area contributed by atoms with Crippen molar-refractivity contribution < 1.29 is 14.0 Å². The van der Waals surface area contributed by atoms with E-state index in [1.807, 2.05) is 6.08 Å². The van der Waals surface area contributed by atoms with E-state index in [2.05, 4.69) is 64.2 Å². The molecular formula is C26H40O3Si. The highest BCUT2D eigenvalue weighted by atomic mass is 28.4. The van der Waals surface area contributed by atoms with Crippen LogP contribution in [0, 0.1) is 0 Å². The van der Waals surface area contributed by atoms with Crippen LogP contribution in [-0.2, 0) is 14.0 Å². The minimum absolute atomic E-state index is 0.258. The number of carbonyl (C=O) groups is 1. The van der Waals surface area contributed by atoms with Gasteiger partial charge in [0, 0.05) is 12.7 Å². The molecule has 0 fully saturated rings. The lowest BCUT2D eigenvalue weighted by atomic mass is 9.78. The average Bonchev–Trinajstić information content (AvgIpc) is 2.71. The zero-order chi connectivity index (χ0) is 22.2. The molecule has 0 radical (unpaired) electrons. The number of hydrogen-bond acceptors (Lipinski definition) is 3. The van der Waals surface area contributed by atoms with Crippen molar-refractivity contribution in [3.05, 3.63) is 59.2 Å². The molecule has 166 valence electrons. The maximum absolute atomic E-state index is 11.6. The smallest absolute Gasteiger partial charge is 0.330 e. The maximum Gasteiger partial charge on any atom is 0.330 e.